The summed E-state index contributed by atoms with van der Waals surface area (Å²) in [5.41, 5.74) is 3.07. The molecule has 1 aliphatic carbocycles. The van der Waals surface area contributed by atoms with Gasteiger partial charge in [-0.25, -0.2) is 0 Å². The van der Waals surface area contributed by atoms with E-state index in [0.29, 0.717) is 31.9 Å². The zero-order chi connectivity index (χ0) is 17.9. The summed E-state index contributed by atoms with van der Waals surface area (Å²) in [6, 6.07) is 5.58. The van der Waals surface area contributed by atoms with E-state index in [1.54, 1.807) is 0 Å². The number of benzene rings is 1. The van der Waals surface area contributed by atoms with E-state index in [4.69, 9.17) is 9.47 Å². The van der Waals surface area contributed by atoms with Crippen LogP contribution in [-0.2, 0) is 11.3 Å². The van der Waals surface area contributed by atoms with Crippen molar-refractivity contribution in [2.75, 3.05) is 19.8 Å². The highest BCUT2D eigenvalue weighted by molar-refractivity contribution is 5.94. The summed E-state index contributed by atoms with van der Waals surface area (Å²) >= 11 is 0. The molecule has 138 valence electrons. The summed E-state index contributed by atoms with van der Waals surface area (Å²) in [5, 5.41) is 3.03. The highest BCUT2D eigenvalue weighted by Gasteiger charge is 2.11. The van der Waals surface area contributed by atoms with Crippen molar-refractivity contribution in [1.29, 1.82) is 0 Å². The van der Waals surface area contributed by atoms with Crippen molar-refractivity contribution >= 4 is 5.91 Å². The Bertz CT molecular complexity index is 581. The van der Waals surface area contributed by atoms with Crippen LogP contribution >= 0.6 is 0 Å². The molecular formula is C21H31NO3. The number of nitrogens with one attached hydrogen (secondary N) is 1. The second-order valence-corrected chi connectivity index (χ2v) is 6.42. The summed E-state index contributed by atoms with van der Waals surface area (Å²) in [6.45, 7) is 6.50. The Kier molecular flexibility index (Phi) is 8.53. The second-order valence-electron chi connectivity index (χ2n) is 6.42. The minimum atomic E-state index is -0.0313. The molecule has 0 bridgehead atoms. The first-order valence-electron chi connectivity index (χ1n) is 9.54. The molecule has 0 atom stereocenters. The minimum Gasteiger partial charge on any atom is -0.494 e. The molecule has 0 aliphatic heterocycles. The lowest BCUT2D eigenvalue weighted by Crippen LogP contribution is -2.25. The van der Waals surface area contributed by atoms with E-state index < -0.39 is 0 Å². The van der Waals surface area contributed by atoms with Crippen molar-refractivity contribution in [3.8, 4) is 5.75 Å². The Hall–Kier alpha value is -1.81. The maximum Gasteiger partial charge on any atom is 0.251 e. The molecule has 1 amide bonds. The van der Waals surface area contributed by atoms with Crippen LogP contribution in [0, 0.1) is 0 Å². The SMILES string of the molecule is CCCOCc1cc(C(=O)NCCC2=CCCCC2)ccc1OCC. The molecule has 0 spiro atoms. The highest BCUT2D eigenvalue weighted by Crippen LogP contribution is 2.22. The van der Waals surface area contributed by atoms with Crippen LogP contribution in [0.1, 0.15) is 68.3 Å². The number of hydrogen-bond donors (Lipinski definition) is 1. The molecule has 1 aliphatic rings. The van der Waals surface area contributed by atoms with E-state index >= 15 is 0 Å². The van der Waals surface area contributed by atoms with E-state index in [1.165, 1.54) is 31.3 Å². The lowest BCUT2D eigenvalue weighted by molar-refractivity contribution is 0.0953. The van der Waals surface area contributed by atoms with Gasteiger partial charge >= 0.3 is 0 Å². The van der Waals surface area contributed by atoms with Crippen LogP contribution in [-0.4, -0.2) is 25.7 Å². The molecular weight excluding hydrogens is 314 g/mol. The summed E-state index contributed by atoms with van der Waals surface area (Å²) in [5.74, 6) is 0.763. The first kappa shape index (κ1) is 19.5. The number of allylic oxidation sites excluding steroid dienone is 1. The topological polar surface area (TPSA) is 47.6 Å². The maximum atomic E-state index is 12.4. The van der Waals surface area contributed by atoms with Crippen molar-refractivity contribution in [1.82, 2.24) is 5.32 Å². The molecule has 4 nitrogen and oxygen atoms in total. The summed E-state index contributed by atoms with van der Waals surface area (Å²) in [4.78, 5) is 12.4. The van der Waals surface area contributed by atoms with Crippen LogP contribution in [0.25, 0.3) is 0 Å². The smallest absolute Gasteiger partial charge is 0.251 e. The standard InChI is InChI=1S/C21H31NO3/c1-3-14-24-16-19-15-18(10-11-20(19)25-4-2)21(23)22-13-12-17-8-6-5-7-9-17/h8,10-11,15H,3-7,9,12-14,16H2,1-2H3,(H,22,23). The fourth-order valence-corrected chi connectivity index (χ4v) is 3.03. The highest BCUT2D eigenvalue weighted by atomic mass is 16.5. The molecule has 0 fully saturated rings. The first-order chi connectivity index (χ1) is 12.2. The van der Waals surface area contributed by atoms with Gasteiger partial charge < -0.3 is 14.8 Å². The van der Waals surface area contributed by atoms with Crippen molar-refractivity contribution in [2.24, 2.45) is 0 Å². The Morgan fingerprint density at radius 2 is 2.12 bits per heavy atom. The molecule has 4 heteroatoms. The van der Waals surface area contributed by atoms with Gasteiger partial charge in [0.1, 0.15) is 5.75 Å². The number of amides is 1. The summed E-state index contributed by atoms with van der Waals surface area (Å²) < 4.78 is 11.3. The number of ether oxygens (including phenoxy) is 2. The van der Waals surface area contributed by atoms with Crippen LogP contribution < -0.4 is 10.1 Å². The third-order valence-corrected chi connectivity index (χ3v) is 4.35. The van der Waals surface area contributed by atoms with Crippen LogP contribution in [0.2, 0.25) is 0 Å². The fourth-order valence-electron chi connectivity index (χ4n) is 3.03. The van der Waals surface area contributed by atoms with Gasteiger partial charge in [0.25, 0.3) is 5.91 Å². The molecule has 25 heavy (non-hydrogen) atoms. The Morgan fingerprint density at radius 3 is 2.84 bits per heavy atom. The van der Waals surface area contributed by atoms with Gasteiger partial charge in [-0.1, -0.05) is 18.6 Å². The summed E-state index contributed by atoms with van der Waals surface area (Å²) in [6.07, 6.45) is 9.19. The zero-order valence-electron chi connectivity index (χ0n) is 15.6. The lowest BCUT2D eigenvalue weighted by atomic mass is 9.97. The van der Waals surface area contributed by atoms with Crippen LogP contribution in [0.4, 0.5) is 0 Å². The number of carbonyl (C=O) groups excluding carboxylic acids is 1. The van der Waals surface area contributed by atoms with Crippen LogP contribution in [0.15, 0.2) is 29.8 Å². The molecule has 0 radical (unpaired) electrons. The van der Waals surface area contributed by atoms with Gasteiger partial charge in [0.15, 0.2) is 0 Å². The van der Waals surface area contributed by atoms with E-state index in [0.717, 1.165) is 24.2 Å². The second kappa shape index (κ2) is 10.9. The third-order valence-electron chi connectivity index (χ3n) is 4.35. The van der Waals surface area contributed by atoms with Gasteiger partial charge in [-0.05, 0) is 63.6 Å². The van der Waals surface area contributed by atoms with Gasteiger partial charge in [-0.3, -0.25) is 4.79 Å². The Morgan fingerprint density at radius 1 is 1.24 bits per heavy atom. The quantitative estimate of drug-likeness (QED) is 0.497. The average molecular weight is 345 g/mol. The van der Waals surface area contributed by atoms with Crippen molar-refractivity contribution < 1.29 is 14.3 Å². The van der Waals surface area contributed by atoms with Gasteiger partial charge in [0.2, 0.25) is 0 Å². The third kappa shape index (κ3) is 6.54. The first-order valence-corrected chi connectivity index (χ1v) is 9.54. The van der Waals surface area contributed by atoms with Gasteiger partial charge in [0.05, 0.1) is 13.2 Å². The van der Waals surface area contributed by atoms with Crippen LogP contribution in [0.3, 0.4) is 0 Å². The summed E-state index contributed by atoms with van der Waals surface area (Å²) in [7, 11) is 0. The van der Waals surface area contributed by atoms with E-state index in [1.807, 2.05) is 25.1 Å². The lowest BCUT2D eigenvalue weighted by Gasteiger charge is -2.14. The molecule has 0 saturated carbocycles. The normalized spacial score (nSPS) is 14.1. The largest absolute Gasteiger partial charge is 0.494 e. The van der Waals surface area contributed by atoms with E-state index in [2.05, 4.69) is 18.3 Å². The predicted octanol–water partition coefficient (Wildman–Crippen LogP) is 4.63. The van der Waals surface area contributed by atoms with Crippen molar-refractivity contribution in [3.63, 3.8) is 0 Å². The molecule has 0 unspecified atom stereocenters. The van der Waals surface area contributed by atoms with Gasteiger partial charge in [-0.15, -0.1) is 0 Å². The molecule has 2 rings (SSSR count). The Balaban J connectivity index is 1.93. The van der Waals surface area contributed by atoms with Gasteiger partial charge in [0, 0.05) is 24.3 Å². The van der Waals surface area contributed by atoms with Gasteiger partial charge in [-0.2, -0.15) is 0 Å². The van der Waals surface area contributed by atoms with E-state index in [9.17, 15) is 4.79 Å². The van der Waals surface area contributed by atoms with E-state index in [-0.39, 0.29) is 5.91 Å². The Labute approximate surface area is 151 Å². The molecule has 0 heterocycles. The van der Waals surface area contributed by atoms with Crippen LogP contribution in [0.5, 0.6) is 5.75 Å². The molecule has 0 saturated heterocycles. The molecule has 1 N–H and O–H groups in total. The number of hydrogen-bond acceptors (Lipinski definition) is 3. The molecule has 0 aromatic heterocycles. The average Bonchev–Trinajstić information content (AvgIpc) is 2.64. The maximum absolute atomic E-state index is 12.4. The minimum absolute atomic E-state index is 0.0313. The molecule has 1 aromatic rings. The number of carbonyl (C=O) groups is 1. The van der Waals surface area contributed by atoms with Crippen molar-refractivity contribution in [3.05, 3.63) is 41.0 Å². The van der Waals surface area contributed by atoms with Crippen molar-refractivity contribution in [2.45, 2.75) is 59.0 Å². The predicted molar refractivity (Wildman–Crippen MR) is 101 cm³/mol. The zero-order valence-corrected chi connectivity index (χ0v) is 15.6. The fraction of sp³-hybridized carbons (Fsp3) is 0.571. The monoisotopic (exact) mass is 345 g/mol. The molecule has 1 aromatic carbocycles. The number of rotatable bonds is 10.